The average Bonchev–Trinajstić information content (AvgIpc) is 3.69. The number of nitrogens with one attached hydrogen (secondary N) is 1. The van der Waals surface area contributed by atoms with Crippen molar-refractivity contribution in [3.8, 4) is 28.1 Å². The van der Waals surface area contributed by atoms with E-state index in [1.54, 1.807) is 40.6 Å². The molecule has 0 amide bonds. The SMILES string of the molecule is CC(C(=O)O)c1ccc(-c2cnc([C@@H]3CCc4cc(-c5cc(Cl)ccc5-n5cnnn5)cc(=O)n43)[nH]2)cc1. The standard InChI is InChI=1S/C27H22ClN7O3/c1-15(27(37)38)16-2-4-17(5-3-16)22-13-29-26(31-22)24-9-7-20-10-18(11-25(36)35(20)24)21-12-19(28)6-8-23(21)34-14-30-32-33-34/h2-6,8,10-15,24H,7,9H2,1H3,(H,29,31)(H,37,38)/t15?,24-/m0/s1. The lowest BCUT2D eigenvalue weighted by molar-refractivity contribution is -0.138. The summed E-state index contributed by atoms with van der Waals surface area (Å²) in [4.78, 5) is 32.6. The number of rotatable bonds is 6. The van der Waals surface area contributed by atoms with Crippen LogP contribution in [-0.2, 0) is 11.2 Å². The topological polar surface area (TPSA) is 132 Å². The zero-order valence-electron chi connectivity index (χ0n) is 20.2. The molecule has 2 N–H and O–H groups in total. The van der Waals surface area contributed by atoms with Gasteiger partial charge in [0.15, 0.2) is 0 Å². The summed E-state index contributed by atoms with van der Waals surface area (Å²) in [6, 6.07) is 16.1. The van der Waals surface area contributed by atoms with Gasteiger partial charge in [-0.3, -0.25) is 9.59 Å². The molecule has 0 aliphatic carbocycles. The van der Waals surface area contributed by atoms with Gasteiger partial charge in [0.05, 0.1) is 29.5 Å². The fourth-order valence-corrected chi connectivity index (χ4v) is 5.14. The van der Waals surface area contributed by atoms with Crippen LogP contribution in [0.25, 0.3) is 28.1 Å². The number of aliphatic carboxylic acids is 1. The first-order chi connectivity index (χ1) is 18.4. The maximum absolute atomic E-state index is 13.4. The number of aromatic amines is 1. The second-order valence-corrected chi connectivity index (χ2v) is 9.71. The summed E-state index contributed by atoms with van der Waals surface area (Å²) >= 11 is 6.30. The summed E-state index contributed by atoms with van der Waals surface area (Å²) in [6.45, 7) is 1.66. The van der Waals surface area contributed by atoms with Crippen LogP contribution in [0.3, 0.4) is 0 Å². The number of imidazole rings is 1. The maximum Gasteiger partial charge on any atom is 0.310 e. The predicted molar refractivity (Wildman–Crippen MR) is 140 cm³/mol. The number of benzene rings is 2. The van der Waals surface area contributed by atoms with E-state index in [1.165, 1.54) is 6.33 Å². The molecule has 11 heteroatoms. The molecule has 0 radical (unpaired) electrons. The lowest BCUT2D eigenvalue weighted by Crippen LogP contribution is -2.23. The Kier molecular flexibility index (Phi) is 5.88. The average molecular weight is 528 g/mol. The lowest BCUT2D eigenvalue weighted by Gasteiger charge is -2.15. The number of halogens is 1. The third-order valence-electron chi connectivity index (χ3n) is 7.00. The largest absolute Gasteiger partial charge is 0.481 e. The highest BCUT2D eigenvalue weighted by molar-refractivity contribution is 6.31. The van der Waals surface area contributed by atoms with Crippen molar-refractivity contribution < 1.29 is 9.90 Å². The van der Waals surface area contributed by atoms with Crippen molar-refractivity contribution in [2.45, 2.75) is 31.7 Å². The third-order valence-corrected chi connectivity index (χ3v) is 7.24. The summed E-state index contributed by atoms with van der Waals surface area (Å²) in [5.74, 6) is -0.741. The van der Waals surface area contributed by atoms with E-state index in [0.29, 0.717) is 17.3 Å². The van der Waals surface area contributed by atoms with Crippen LogP contribution >= 0.6 is 11.6 Å². The molecule has 38 heavy (non-hydrogen) atoms. The molecule has 1 unspecified atom stereocenters. The van der Waals surface area contributed by atoms with Crippen LogP contribution in [0.1, 0.15) is 42.4 Å². The molecule has 0 fully saturated rings. The van der Waals surface area contributed by atoms with Crippen LogP contribution in [0, 0.1) is 0 Å². The van der Waals surface area contributed by atoms with Crippen LogP contribution in [0.15, 0.2) is 71.9 Å². The van der Waals surface area contributed by atoms with Gasteiger partial charge in [-0.1, -0.05) is 35.9 Å². The fraction of sp³-hybridized carbons (Fsp3) is 0.185. The highest BCUT2D eigenvalue weighted by atomic mass is 35.5. The summed E-state index contributed by atoms with van der Waals surface area (Å²) in [6.07, 6.45) is 4.69. The zero-order valence-corrected chi connectivity index (χ0v) is 21.0. The first-order valence-electron chi connectivity index (χ1n) is 12.1. The number of tetrazole rings is 1. The van der Waals surface area contributed by atoms with E-state index in [1.807, 2.05) is 36.4 Å². The number of hydrogen-bond donors (Lipinski definition) is 2. The van der Waals surface area contributed by atoms with Crippen LogP contribution in [0.2, 0.25) is 5.02 Å². The van der Waals surface area contributed by atoms with Gasteiger partial charge >= 0.3 is 5.97 Å². The smallest absolute Gasteiger partial charge is 0.310 e. The van der Waals surface area contributed by atoms with Crippen LogP contribution in [-0.4, -0.2) is 45.8 Å². The molecular weight excluding hydrogens is 506 g/mol. The van der Waals surface area contributed by atoms with Crippen LogP contribution in [0.4, 0.5) is 0 Å². The van der Waals surface area contributed by atoms with Crippen LogP contribution in [0.5, 0.6) is 0 Å². The monoisotopic (exact) mass is 527 g/mol. The first-order valence-corrected chi connectivity index (χ1v) is 12.4. The summed E-state index contributed by atoms with van der Waals surface area (Å²) in [7, 11) is 0. The van der Waals surface area contributed by atoms with Crippen molar-refractivity contribution in [2.75, 3.05) is 0 Å². The quantitative estimate of drug-likeness (QED) is 0.337. The van der Waals surface area contributed by atoms with Gasteiger partial charge in [0, 0.05) is 22.3 Å². The maximum atomic E-state index is 13.4. The second-order valence-electron chi connectivity index (χ2n) is 9.28. The number of hydrogen-bond acceptors (Lipinski definition) is 6. The van der Waals surface area contributed by atoms with Crippen LogP contribution < -0.4 is 5.56 Å². The fourth-order valence-electron chi connectivity index (χ4n) is 4.97. The molecular formula is C27H22ClN7O3. The summed E-state index contributed by atoms with van der Waals surface area (Å²) in [5.41, 5.74) is 5.42. The van der Waals surface area contributed by atoms with Crippen molar-refractivity contribution in [3.05, 3.63) is 99.6 Å². The number of carboxylic acids is 1. The molecule has 2 atom stereocenters. The molecule has 6 rings (SSSR count). The van der Waals surface area contributed by atoms with E-state index >= 15 is 0 Å². The number of carbonyl (C=O) groups is 1. The Balaban J connectivity index is 1.32. The molecule has 2 aromatic carbocycles. The van der Waals surface area contributed by atoms with E-state index in [9.17, 15) is 14.7 Å². The number of H-pyrrole nitrogens is 1. The Morgan fingerprint density at radius 1 is 1.13 bits per heavy atom. The van der Waals surface area contributed by atoms with Crippen molar-refractivity contribution in [1.29, 1.82) is 0 Å². The highest BCUT2D eigenvalue weighted by Crippen LogP contribution is 2.34. The van der Waals surface area contributed by atoms with Crippen molar-refractivity contribution >= 4 is 17.6 Å². The summed E-state index contributed by atoms with van der Waals surface area (Å²) < 4.78 is 3.32. The molecule has 5 aromatic rings. The van der Waals surface area contributed by atoms with E-state index in [-0.39, 0.29) is 11.6 Å². The van der Waals surface area contributed by atoms with Crippen molar-refractivity contribution in [2.24, 2.45) is 0 Å². The molecule has 1 aliphatic rings. The molecule has 0 bridgehead atoms. The van der Waals surface area contributed by atoms with E-state index in [4.69, 9.17) is 11.6 Å². The van der Waals surface area contributed by atoms with Gasteiger partial charge in [0.1, 0.15) is 12.2 Å². The number of fused-ring (bicyclic) bond motifs is 1. The molecule has 0 saturated carbocycles. The number of nitrogens with zero attached hydrogens (tertiary/aromatic N) is 6. The van der Waals surface area contributed by atoms with E-state index in [0.717, 1.165) is 45.7 Å². The minimum Gasteiger partial charge on any atom is -0.481 e. The van der Waals surface area contributed by atoms with Crippen molar-refractivity contribution in [1.82, 2.24) is 34.7 Å². The Morgan fingerprint density at radius 2 is 1.95 bits per heavy atom. The molecule has 4 heterocycles. The molecule has 0 saturated heterocycles. The molecule has 0 spiro atoms. The Labute approximate surface area is 221 Å². The van der Waals surface area contributed by atoms with Crippen molar-refractivity contribution in [3.63, 3.8) is 0 Å². The lowest BCUT2D eigenvalue weighted by atomic mass is 9.99. The highest BCUT2D eigenvalue weighted by Gasteiger charge is 2.28. The number of pyridine rings is 1. The molecule has 3 aromatic heterocycles. The Bertz CT molecular complexity index is 1710. The third kappa shape index (κ3) is 4.18. The number of aryl methyl sites for hydroxylation is 1. The zero-order chi connectivity index (χ0) is 26.4. The van der Waals surface area contributed by atoms with Gasteiger partial charge in [-0.25, -0.2) is 4.98 Å². The minimum absolute atomic E-state index is 0.132. The first kappa shape index (κ1) is 23.8. The number of carboxylic acid groups (broad SMARTS) is 1. The molecule has 10 nitrogen and oxygen atoms in total. The molecule has 190 valence electrons. The predicted octanol–water partition coefficient (Wildman–Crippen LogP) is 4.26. The van der Waals surface area contributed by atoms with E-state index < -0.39 is 11.9 Å². The van der Waals surface area contributed by atoms with Gasteiger partial charge < -0.3 is 14.7 Å². The Hall–Kier alpha value is -4.57. The van der Waals surface area contributed by atoms with Gasteiger partial charge in [-0.15, -0.1) is 5.10 Å². The van der Waals surface area contributed by atoms with Gasteiger partial charge in [-0.2, -0.15) is 4.68 Å². The molecule has 1 aliphatic heterocycles. The van der Waals surface area contributed by atoms with Gasteiger partial charge in [-0.05, 0) is 71.1 Å². The second kappa shape index (κ2) is 9.38. The normalized spacial score (nSPS) is 15.4. The van der Waals surface area contributed by atoms with Gasteiger partial charge in [0.2, 0.25) is 0 Å². The minimum atomic E-state index is -0.864. The van der Waals surface area contributed by atoms with E-state index in [2.05, 4.69) is 25.5 Å². The Morgan fingerprint density at radius 3 is 2.68 bits per heavy atom. The summed E-state index contributed by atoms with van der Waals surface area (Å²) in [5, 5.41) is 21.2. The number of aromatic nitrogens is 7. The van der Waals surface area contributed by atoms with Gasteiger partial charge in [0.25, 0.3) is 5.56 Å².